The molecule has 0 spiro atoms. The average molecular weight is 255 g/mol. The predicted octanol–water partition coefficient (Wildman–Crippen LogP) is 3.03. The highest BCUT2D eigenvalue weighted by Crippen LogP contribution is 2.30. The molecule has 0 radical (unpaired) electrons. The first-order valence-corrected chi connectivity index (χ1v) is 5.01. The van der Waals surface area contributed by atoms with E-state index in [4.69, 9.17) is 0 Å². The molecular formula is C8H3BrN2OS. The van der Waals surface area contributed by atoms with Crippen LogP contribution < -0.4 is 0 Å². The summed E-state index contributed by atoms with van der Waals surface area (Å²) in [5.74, 6) is 0.441. The summed E-state index contributed by atoms with van der Waals surface area (Å²) in [7, 11) is 0. The van der Waals surface area contributed by atoms with Gasteiger partial charge in [-0.1, -0.05) is 15.9 Å². The minimum absolute atomic E-state index is 0.441. The first-order chi connectivity index (χ1) is 6.31. The summed E-state index contributed by atoms with van der Waals surface area (Å²) in [6.07, 6.45) is 1.49. The second kappa shape index (κ2) is 3.38. The normalized spacial score (nSPS) is 9.92. The number of rotatable bonds is 1. The molecule has 0 aliphatic heterocycles. The largest absolute Gasteiger partial charge is 0.242 e. The third-order valence-corrected chi connectivity index (χ3v) is 2.87. The number of aliphatic imine (C=N–C) groups is 1. The first-order valence-electron chi connectivity index (χ1n) is 3.44. The van der Waals surface area contributed by atoms with E-state index in [2.05, 4.69) is 25.3 Å². The van der Waals surface area contributed by atoms with Crippen LogP contribution in [0.1, 0.15) is 0 Å². The molecule has 5 heteroatoms. The molecule has 0 bridgehead atoms. The highest BCUT2D eigenvalue weighted by molar-refractivity contribution is 9.10. The zero-order valence-corrected chi connectivity index (χ0v) is 8.72. The van der Waals surface area contributed by atoms with Crippen LogP contribution in [0.2, 0.25) is 0 Å². The number of nitrogens with zero attached hydrogens (tertiary/aromatic N) is 2. The lowest BCUT2D eigenvalue weighted by molar-refractivity contribution is 0.565. The van der Waals surface area contributed by atoms with Gasteiger partial charge in [0.1, 0.15) is 0 Å². The molecule has 1 aromatic heterocycles. The number of halogens is 1. The van der Waals surface area contributed by atoms with Gasteiger partial charge in [-0.3, -0.25) is 0 Å². The molecule has 0 N–H and O–H groups in total. The van der Waals surface area contributed by atoms with Gasteiger partial charge in [0.15, 0.2) is 5.82 Å². The second-order valence-electron chi connectivity index (χ2n) is 2.35. The number of hydrogen-bond acceptors (Lipinski definition) is 4. The number of fused-ring (bicyclic) bond motifs is 1. The highest BCUT2D eigenvalue weighted by Gasteiger charge is 2.04. The minimum Gasteiger partial charge on any atom is -0.211 e. The first kappa shape index (κ1) is 8.56. The Morgan fingerprint density at radius 3 is 3.15 bits per heavy atom. The van der Waals surface area contributed by atoms with E-state index in [1.807, 2.05) is 18.2 Å². The van der Waals surface area contributed by atoms with E-state index in [-0.39, 0.29) is 0 Å². The SMILES string of the molecule is O=C=Nc1nsc2ccc(Br)cc12. The lowest BCUT2D eigenvalue weighted by Gasteiger charge is -1.89. The fraction of sp³-hybridized carbons (Fsp3) is 0. The lowest BCUT2D eigenvalue weighted by Crippen LogP contribution is -1.66. The van der Waals surface area contributed by atoms with Crippen molar-refractivity contribution in [3.63, 3.8) is 0 Å². The molecule has 3 nitrogen and oxygen atoms in total. The van der Waals surface area contributed by atoms with Crippen molar-refractivity contribution in [3.8, 4) is 0 Å². The van der Waals surface area contributed by atoms with E-state index < -0.39 is 0 Å². The zero-order chi connectivity index (χ0) is 9.26. The fourth-order valence-electron chi connectivity index (χ4n) is 1.02. The van der Waals surface area contributed by atoms with Gasteiger partial charge >= 0.3 is 0 Å². The third kappa shape index (κ3) is 1.54. The summed E-state index contributed by atoms with van der Waals surface area (Å²) in [5, 5.41) is 0.878. The number of isocyanates is 1. The Morgan fingerprint density at radius 2 is 2.38 bits per heavy atom. The fourth-order valence-corrected chi connectivity index (χ4v) is 2.08. The molecule has 0 aliphatic carbocycles. The van der Waals surface area contributed by atoms with Crippen LogP contribution >= 0.6 is 27.5 Å². The van der Waals surface area contributed by atoms with Crippen molar-refractivity contribution in [2.24, 2.45) is 4.99 Å². The maximum absolute atomic E-state index is 10.1. The van der Waals surface area contributed by atoms with Crippen molar-refractivity contribution in [2.45, 2.75) is 0 Å². The van der Waals surface area contributed by atoms with Crippen LogP contribution in [0.3, 0.4) is 0 Å². The summed E-state index contributed by atoms with van der Waals surface area (Å²) >= 11 is 4.66. The summed E-state index contributed by atoms with van der Waals surface area (Å²) in [5.41, 5.74) is 0. The van der Waals surface area contributed by atoms with Crippen molar-refractivity contribution >= 4 is 49.4 Å². The molecule has 13 heavy (non-hydrogen) atoms. The zero-order valence-electron chi connectivity index (χ0n) is 6.32. The van der Waals surface area contributed by atoms with Gasteiger partial charge in [0.05, 0.1) is 4.70 Å². The van der Waals surface area contributed by atoms with Gasteiger partial charge in [0.2, 0.25) is 6.08 Å². The summed E-state index contributed by atoms with van der Waals surface area (Å²) in [6, 6.07) is 5.74. The highest BCUT2D eigenvalue weighted by atomic mass is 79.9. The molecular weight excluding hydrogens is 252 g/mol. The maximum Gasteiger partial charge on any atom is 0.242 e. The molecule has 2 rings (SSSR count). The smallest absolute Gasteiger partial charge is 0.211 e. The van der Waals surface area contributed by atoms with E-state index in [0.29, 0.717) is 5.82 Å². The van der Waals surface area contributed by atoms with Crippen LogP contribution in [0.4, 0.5) is 5.82 Å². The molecule has 0 atom stereocenters. The van der Waals surface area contributed by atoms with Crippen LogP contribution in [0.15, 0.2) is 27.7 Å². The Balaban J connectivity index is 2.78. The van der Waals surface area contributed by atoms with Crippen LogP contribution in [0.25, 0.3) is 10.1 Å². The van der Waals surface area contributed by atoms with Crippen LogP contribution in [-0.4, -0.2) is 10.5 Å². The Morgan fingerprint density at radius 1 is 1.54 bits per heavy atom. The molecule has 0 fully saturated rings. The van der Waals surface area contributed by atoms with E-state index in [1.54, 1.807) is 0 Å². The predicted molar refractivity (Wildman–Crippen MR) is 55.1 cm³/mol. The average Bonchev–Trinajstić information content (AvgIpc) is 2.49. The molecule has 1 heterocycles. The molecule has 2 aromatic rings. The van der Waals surface area contributed by atoms with Crippen molar-refractivity contribution in [1.29, 1.82) is 0 Å². The van der Waals surface area contributed by atoms with E-state index in [9.17, 15) is 4.79 Å². The molecule has 0 aliphatic rings. The second-order valence-corrected chi connectivity index (χ2v) is 4.07. The Labute approximate surface area is 86.4 Å². The minimum atomic E-state index is 0.441. The van der Waals surface area contributed by atoms with Crippen LogP contribution in [-0.2, 0) is 4.79 Å². The molecule has 0 saturated heterocycles. The third-order valence-electron chi connectivity index (χ3n) is 1.56. The number of carbonyl (C=O) groups excluding carboxylic acids is 1. The van der Waals surface area contributed by atoms with Crippen molar-refractivity contribution in [1.82, 2.24) is 4.37 Å². The molecule has 64 valence electrons. The summed E-state index contributed by atoms with van der Waals surface area (Å²) < 4.78 is 5.98. The lowest BCUT2D eigenvalue weighted by atomic mass is 10.3. The van der Waals surface area contributed by atoms with Gasteiger partial charge in [-0.15, -0.1) is 4.99 Å². The standard InChI is InChI=1S/C8H3BrN2OS/c9-5-1-2-7-6(3-5)8(10-4-12)11-13-7/h1-3H. The summed E-state index contributed by atoms with van der Waals surface area (Å²) in [4.78, 5) is 13.6. The van der Waals surface area contributed by atoms with Crippen molar-refractivity contribution in [2.75, 3.05) is 0 Å². The van der Waals surface area contributed by atoms with E-state index in [0.717, 1.165) is 14.6 Å². The topological polar surface area (TPSA) is 42.3 Å². The Hall–Kier alpha value is -1.03. The van der Waals surface area contributed by atoms with Crippen LogP contribution in [0.5, 0.6) is 0 Å². The quantitative estimate of drug-likeness (QED) is 0.580. The molecule has 0 amide bonds. The van der Waals surface area contributed by atoms with Crippen molar-refractivity contribution < 1.29 is 4.79 Å². The van der Waals surface area contributed by atoms with E-state index >= 15 is 0 Å². The van der Waals surface area contributed by atoms with Gasteiger partial charge in [0, 0.05) is 9.86 Å². The van der Waals surface area contributed by atoms with Gasteiger partial charge in [0.25, 0.3) is 0 Å². The molecule has 0 unspecified atom stereocenters. The molecule has 1 aromatic carbocycles. The van der Waals surface area contributed by atoms with Gasteiger partial charge in [-0.25, -0.2) is 4.79 Å². The monoisotopic (exact) mass is 254 g/mol. The van der Waals surface area contributed by atoms with Gasteiger partial charge < -0.3 is 0 Å². The summed E-state index contributed by atoms with van der Waals surface area (Å²) in [6.45, 7) is 0. The number of aromatic nitrogens is 1. The van der Waals surface area contributed by atoms with Gasteiger partial charge in [-0.2, -0.15) is 4.37 Å². The number of benzene rings is 1. The van der Waals surface area contributed by atoms with Crippen molar-refractivity contribution in [3.05, 3.63) is 22.7 Å². The van der Waals surface area contributed by atoms with E-state index in [1.165, 1.54) is 17.6 Å². The Bertz CT molecular complexity index is 502. The Kier molecular flexibility index (Phi) is 2.22. The number of hydrogen-bond donors (Lipinski definition) is 0. The van der Waals surface area contributed by atoms with Gasteiger partial charge in [-0.05, 0) is 29.7 Å². The maximum atomic E-state index is 10.1. The molecule has 0 saturated carbocycles. The van der Waals surface area contributed by atoms with Crippen LogP contribution in [0, 0.1) is 0 Å².